The molecule has 0 aromatic heterocycles. The van der Waals surface area contributed by atoms with Crippen molar-refractivity contribution in [1.82, 2.24) is 4.90 Å². The molecule has 0 unspecified atom stereocenters. The number of carbonyl (C=O) groups excluding carboxylic acids is 3. The van der Waals surface area contributed by atoms with E-state index in [0.29, 0.717) is 30.2 Å². The fourth-order valence-electron chi connectivity index (χ4n) is 3.03. The van der Waals surface area contributed by atoms with Gasteiger partial charge in [0, 0.05) is 31.4 Å². The van der Waals surface area contributed by atoms with Crippen LogP contribution in [0, 0.1) is 0 Å². The smallest absolute Gasteiger partial charge is 0.325 e. The zero-order chi connectivity index (χ0) is 20.1. The number of anilines is 3. The summed E-state index contributed by atoms with van der Waals surface area (Å²) in [6.07, 6.45) is 0. The molecule has 8 heteroatoms. The van der Waals surface area contributed by atoms with Crippen molar-refractivity contribution in [1.29, 1.82) is 0 Å². The molecule has 1 aliphatic rings. The van der Waals surface area contributed by atoms with Gasteiger partial charge in [-0.25, -0.2) is 4.79 Å². The minimum Gasteiger partial charge on any atom is -0.495 e. The molecule has 0 bridgehead atoms. The van der Waals surface area contributed by atoms with Crippen LogP contribution in [-0.2, 0) is 9.59 Å². The van der Waals surface area contributed by atoms with Gasteiger partial charge in [0.05, 0.1) is 12.8 Å². The van der Waals surface area contributed by atoms with Crippen molar-refractivity contribution >= 4 is 34.9 Å². The lowest BCUT2D eigenvalue weighted by Gasteiger charge is -2.19. The Morgan fingerprint density at radius 3 is 2.50 bits per heavy atom. The van der Waals surface area contributed by atoms with Crippen molar-refractivity contribution in [3.63, 3.8) is 0 Å². The normalized spacial score (nSPS) is 13.4. The number of nitrogens with one attached hydrogen (secondary N) is 2. The Hall–Kier alpha value is -3.55. The van der Waals surface area contributed by atoms with Gasteiger partial charge < -0.3 is 20.3 Å². The molecule has 0 spiro atoms. The standard InChI is InChI=1S/C20H22N4O4/c1-14(25)21-15-8-9-18(28-2)17(12-15)22-19(26)13-23-10-11-24(20(23)27)16-6-4-3-5-7-16/h3-9,12H,10-11,13H2,1-2H3,(H,21,25)(H,22,26). The van der Waals surface area contributed by atoms with E-state index in [9.17, 15) is 14.4 Å². The number of carbonyl (C=O) groups is 3. The molecule has 0 saturated carbocycles. The first kappa shape index (κ1) is 19.2. The average molecular weight is 382 g/mol. The molecule has 0 atom stereocenters. The maximum absolute atomic E-state index is 12.6. The van der Waals surface area contributed by atoms with Gasteiger partial charge in [0.2, 0.25) is 11.8 Å². The third kappa shape index (κ3) is 4.40. The van der Waals surface area contributed by atoms with Gasteiger partial charge >= 0.3 is 6.03 Å². The van der Waals surface area contributed by atoms with Gasteiger partial charge in [-0.2, -0.15) is 0 Å². The number of nitrogens with zero attached hydrogens (tertiary/aromatic N) is 2. The summed E-state index contributed by atoms with van der Waals surface area (Å²) in [6, 6.07) is 14.1. The first-order valence-electron chi connectivity index (χ1n) is 8.85. The van der Waals surface area contributed by atoms with Crippen molar-refractivity contribution < 1.29 is 19.1 Å². The number of amides is 4. The van der Waals surface area contributed by atoms with E-state index in [1.165, 1.54) is 18.9 Å². The average Bonchev–Trinajstić information content (AvgIpc) is 3.02. The van der Waals surface area contributed by atoms with Crippen molar-refractivity contribution in [3.8, 4) is 5.75 Å². The molecule has 8 nitrogen and oxygen atoms in total. The first-order valence-corrected chi connectivity index (χ1v) is 8.85. The summed E-state index contributed by atoms with van der Waals surface area (Å²) in [5, 5.41) is 5.41. The molecule has 1 aliphatic heterocycles. The highest BCUT2D eigenvalue weighted by molar-refractivity contribution is 6.00. The fourth-order valence-corrected chi connectivity index (χ4v) is 3.03. The van der Waals surface area contributed by atoms with Gasteiger partial charge in [-0.15, -0.1) is 0 Å². The molecule has 0 radical (unpaired) electrons. The van der Waals surface area contributed by atoms with E-state index >= 15 is 0 Å². The van der Waals surface area contributed by atoms with Gasteiger partial charge in [0.15, 0.2) is 0 Å². The Bertz CT molecular complexity index is 885. The number of methoxy groups -OCH3 is 1. The van der Waals surface area contributed by atoms with E-state index in [1.54, 1.807) is 23.1 Å². The lowest BCUT2D eigenvalue weighted by molar-refractivity contribution is -0.116. The molecular formula is C20H22N4O4. The van der Waals surface area contributed by atoms with Crippen LogP contribution in [-0.4, -0.2) is 49.5 Å². The van der Waals surface area contributed by atoms with E-state index in [1.807, 2.05) is 30.3 Å². The lowest BCUT2D eigenvalue weighted by atomic mass is 10.2. The summed E-state index contributed by atoms with van der Waals surface area (Å²) in [6.45, 7) is 2.32. The Labute approximate surface area is 163 Å². The van der Waals surface area contributed by atoms with E-state index in [0.717, 1.165) is 5.69 Å². The van der Waals surface area contributed by atoms with Crippen LogP contribution < -0.4 is 20.3 Å². The molecule has 3 rings (SSSR count). The Morgan fingerprint density at radius 1 is 1.07 bits per heavy atom. The molecule has 1 heterocycles. The van der Waals surface area contributed by atoms with Gasteiger partial charge in [0.1, 0.15) is 12.3 Å². The second kappa shape index (κ2) is 8.43. The fraction of sp³-hybridized carbons (Fsp3) is 0.250. The summed E-state index contributed by atoms with van der Waals surface area (Å²) in [5.74, 6) is -0.103. The number of urea groups is 1. The SMILES string of the molecule is COc1ccc(NC(C)=O)cc1NC(=O)CN1CCN(c2ccccc2)C1=O. The van der Waals surface area contributed by atoms with Crippen molar-refractivity contribution in [3.05, 3.63) is 48.5 Å². The molecule has 2 aromatic rings. The lowest BCUT2D eigenvalue weighted by Crippen LogP contribution is -2.37. The summed E-state index contributed by atoms with van der Waals surface area (Å²) in [4.78, 5) is 39.5. The topological polar surface area (TPSA) is 91.0 Å². The molecule has 2 aromatic carbocycles. The minimum absolute atomic E-state index is 0.0737. The number of ether oxygens (including phenoxy) is 1. The maximum Gasteiger partial charge on any atom is 0.325 e. The molecule has 4 amide bonds. The van der Waals surface area contributed by atoms with Crippen LogP contribution in [0.15, 0.2) is 48.5 Å². The zero-order valence-corrected chi connectivity index (χ0v) is 15.8. The Morgan fingerprint density at radius 2 is 1.82 bits per heavy atom. The van der Waals surface area contributed by atoms with Crippen LogP contribution in [0.3, 0.4) is 0 Å². The maximum atomic E-state index is 12.6. The van der Waals surface area contributed by atoms with Crippen LogP contribution in [0.25, 0.3) is 0 Å². The quantitative estimate of drug-likeness (QED) is 0.803. The molecule has 1 fully saturated rings. The molecular weight excluding hydrogens is 360 g/mol. The van der Waals surface area contributed by atoms with Gasteiger partial charge in [-0.1, -0.05) is 18.2 Å². The van der Waals surface area contributed by atoms with Crippen molar-refractivity contribution in [2.24, 2.45) is 0 Å². The van der Waals surface area contributed by atoms with Gasteiger partial charge in [-0.3, -0.25) is 14.5 Å². The van der Waals surface area contributed by atoms with Gasteiger partial charge in [0.25, 0.3) is 0 Å². The van der Waals surface area contributed by atoms with Crippen LogP contribution in [0.5, 0.6) is 5.75 Å². The van der Waals surface area contributed by atoms with E-state index < -0.39 is 0 Å². The monoisotopic (exact) mass is 382 g/mol. The van der Waals surface area contributed by atoms with E-state index in [2.05, 4.69) is 10.6 Å². The third-order valence-electron chi connectivity index (χ3n) is 4.29. The summed E-state index contributed by atoms with van der Waals surface area (Å²) in [7, 11) is 1.49. The van der Waals surface area contributed by atoms with Crippen LogP contribution in [0.4, 0.5) is 21.9 Å². The Balaban J connectivity index is 1.66. The largest absolute Gasteiger partial charge is 0.495 e. The minimum atomic E-state index is -0.346. The number of hydrogen-bond donors (Lipinski definition) is 2. The van der Waals surface area contributed by atoms with E-state index in [4.69, 9.17) is 4.74 Å². The van der Waals surface area contributed by atoms with Gasteiger partial charge in [-0.05, 0) is 30.3 Å². The highest BCUT2D eigenvalue weighted by Gasteiger charge is 2.30. The summed E-state index contributed by atoms with van der Waals surface area (Å²) >= 11 is 0. The summed E-state index contributed by atoms with van der Waals surface area (Å²) < 4.78 is 5.26. The van der Waals surface area contributed by atoms with Crippen LogP contribution >= 0.6 is 0 Å². The third-order valence-corrected chi connectivity index (χ3v) is 4.29. The zero-order valence-electron chi connectivity index (χ0n) is 15.8. The molecule has 146 valence electrons. The number of benzene rings is 2. The molecule has 1 saturated heterocycles. The predicted molar refractivity (Wildman–Crippen MR) is 107 cm³/mol. The van der Waals surface area contributed by atoms with Crippen LogP contribution in [0.1, 0.15) is 6.92 Å². The number of rotatable bonds is 6. The van der Waals surface area contributed by atoms with E-state index in [-0.39, 0.29) is 24.4 Å². The van der Waals surface area contributed by atoms with Crippen molar-refractivity contribution in [2.45, 2.75) is 6.92 Å². The second-order valence-corrected chi connectivity index (χ2v) is 6.34. The Kier molecular flexibility index (Phi) is 5.78. The summed E-state index contributed by atoms with van der Waals surface area (Å²) in [5.41, 5.74) is 1.77. The molecule has 28 heavy (non-hydrogen) atoms. The number of hydrogen-bond acceptors (Lipinski definition) is 4. The second-order valence-electron chi connectivity index (χ2n) is 6.34. The van der Waals surface area contributed by atoms with Crippen LogP contribution in [0.2, 0.25) is 0 Å². The molecule has 2 N–H and O–H groups in total. The first-order chi connectivity index (χ1) is 13.5. The highest BCUT2D eigenvalue weighted by atomic mass is 16.5. The highest BCUT2D eigenvalue weighted by Crippen LogP contribution is 2.28. The number of para-hydroxylation sites is 1. The molecule has 0 aliphatic carbocycles. The van der Waals surface area contributed by atoms with Crippen molar-refractivity contribution in [2.75, 3.05) is 42.3 Å². The predicted octanol–water partition coefficient (Wildman–Crippen LogP) is 2.53.